The van der Waals surface area contributed by atoms with Gasteiger partial charge in [-0.2, -0.15) is 5.26 Å². The van der Waals surface area contributed by atoms with Crippen LogP contribution in [-0.4, -0.2) is 45.4 Å². The van der Waals surface area contributed by atoms with Gasteiger partial charge in [-0.25, -0.2) is 4.68 Å². The van der Waals surface area contributed by atoms with Crippen LogP contribution in [0.25, 0.3) is 5.69 Å². The second-order valence-corrected chi connectivity index (χ2v) is 5.88. The lowest BCUT2D eigenvalue weighted by Crippen LogP contribution is -2.30. The summed E-state index contributed by atoms with van der Waals surface area (Å²) in [6.07, 6.45) is 4.60. The van der Waals surface area contributed by atoms with Crippen LogP contribution in [0.1, 0.15) is 16.9 Å². The molecular weight excluding hydrogens is 316 g/mol. The van der Waals surface area contributed by atoms with E-state index in [9.17, 15) is 4.79 Å². The van der Waals surface area contributed by atoms with Gasteiger partial charge in [-0.3, -0.25) is 4.79 Å². The molecule has 0 saturated carbocycles. The fraction of sp³-hybridized carbons (Fsp3) is 0.333. The lowest BCUT2D eigenvalue weighted by atomic mass is 10.1. The molecule has 2 aromatic rings. The van der Waals surface area contributed by atoms with Crippen LogP contribution >= 0.6 is 11.6 Å². The first-order valence-electron chi connectivity index (χ1n) is 7.27. The summed E-state index contributed by atoms with van der Waals surface area (Å²) < 4.78 is 1.51. The maximum atomic E-state index is 12.1. The number of nitriles is 1. The summed E-state index contributed by atoms with van der Waals surface area (Å²) in [6.45, 7) is 1.97. The van der Waals surface area contributed by atoms with E-state index in [-0.39, 0.29) is 11.6 Å². The van der Waals surface area contributed by atoms with Gasteiger partial charge in [0.05, 0.1) is 11.9 Å². The highest BCUT2D eigenvalue weighted by molar-refractivity contribution is 6.30. The Kier molecular flexibility index (Phi) is 4.44. The van der Waals surface area contributed by atoms with Crippen molar-refractivity contribution in [3.63, 3.8) is 0 Å². The molecule has 1 aliphatic heterocycles. The molecule has 1 aromatic carbocycles. The summed E-state index contributed by atoms with van der Waals surface area (Å²) in [5.41, 5.74) is 0.990. The van der Waals surface area contributed by atoms with Crippen molar-refractivity contribution in [3.05, 3.63) is 41.2 Å². The number of aromatic nitrogens is 3. The predicted molar refractivity (Wildman–Crippen MR) is 84.0 cm³/mol. The topological polar surface area (TPSA) is 86.8 Å². The summed E-state index contributed by atoms with van der Waals surface area (Å²) in [6, 6.07) is 7.14. The fourth-order valence-corrected chi connectivity index (χ4v) is 2.71. The number of nitrogens with zero attached hydrogens (tertiary/aromatic N) is 5. The van der Waals surface area contributed by atoms with Crippen LogP contribution in [-0.2, 0) is 0 Å². The summed E-state index contributed by atoms with van der Waals surface area (Å²) in [4.78, 5) is 13.8. The minimum Gasteiger partial charge on any atom is -0.350 e. The van der Waals surface area contributed by atoms with E-state index in [1.807, 2.05) is 6.07 Å². The first-order valence-corrected chi connectivity index (χ1v) is 7.64. The molecular formula is C15H15ClN6O. The Bertz CT molecular complexity index is 752. The Morgan fingerprint density at radius 1 is 1.52 bits per heavy atom. The number of rotatable bonds is 4. The van der Waals surface area contributed by atoms with E-state index >= 15 is 0 Å². The Hall–Kier alpha value is -2.59. The van der Waals surface area contributed by atoms with E-state index in [0.717, 1.165) is 18.7 Å². The van der Waals surface area contributed by atoms with E-state index < -0.39 is 0 Å². The molecule has 1 N–H and O–H groups in total. The highest BCUT2D eigenvalue weighted by Gasteiger charge is 2.22. The largest absolute Gasteiger partial charge is 0.350 e. The zero-order valence-corrected chi connectivity index (χ0v) is 13.1. The molecule has 1 aliphatic rings. The molecule has 1 atom stereocenters. The van der Waals surface area contributed by atoms with Gasteiger partial charge < -0.3 is 10.2 Å². The van der Waals surface area contributed by atoms with E-state index in [0.29, 0.717) is 24.0 Å². The summed E-state index contributed by atoms with van der Waals surface area (Å²) >= 11 is 5.94. The van der Waals surface area contributed by atoms with Gasteiger partial charge in [0.25, 0.3) is 5.91 Å². The molecule has 1 amide bonds. The summed E-state index contributed by atoms with van der Waals surface area (Å²) in [5, 5.41) is 20.1. The van der Waals surface area contributed by atoms with Crippen molar-refractivity contribution in [2.24, 2.45) is 5.92 Å². The van der Waals surface area contributed by atoms with Gasteiger partial charge >= 0.3 is 0 Å². The molecule has 0 bridgehead atoms. The Morgan fingerprint density at radius 3 is 3.13 bits per heavy atom. The molecule has 0 aliphatic carbocycles. The second kappa shape index (κ2) is 6.67. The molecule has 1 fully saturated rings. The molecule has 1 aromatic heterocycles. The van der Waals surface area contributed by atoms with E-state index in [1.165, 1.54) is 4.68 Å². The average molecular weight is 331 g/mol. The highest BCUT2D eigenvalue weighted by Crippen LogP contribution is 2.15. The number of hydrogen-bond acceptors (Lipinski definition) is 5. The maximum absolute atomic E-state index is 12.1. The van der Waals surface area contributed by atoms with Crippen molar-refractivity contribution in [1.29, 1.82) is 5.26 Å². The number of benzene rings is 1. The molecule has 7 nitrogen and oxygen atoms in total. The van der Waals surface area contributed by atoms with E-state index in [4.69, 9.17) is 16.9 Å². The van der Waals surface area contributed by atoms with Crippen LogP contribution in [0.3, 0.4) is 0 Å². The van der Waals surface area contributed by atoms with Crippen molar-refractivity contribution in [2.75, 3.05) is 19.6 Å². The van der Waals surface area contributed by atoms with Crippen molar-refractivity contribution in [2.45, 2.75) is 6.42 Å². The van der Waals surface area contributed by atoms with Gasteiger partial charge in [0.1, 0.15) is 0 Å². The second-order valence-electron chi connectivity index (χ2n) is 5.44. The van der Waals surface area contributed by atoms with E-state index in [1.54, 1.807) is 29.3 Å². The van der Waals surface area contributed by atoms with Crippen LogP contribution in [0.4, 0.5) is 0 Å². The third-order valence-electron chi connectivity index (χ3n) is 3.78. The SMILES string of the molecule is N#CN1CC[C@@H](CNC(=O)c2cn(-c3cccc(Cl)c3)nn2)C1. The van der Waals surface area contributed by atoms with Crippen molar-refractivity contribution in [1.82, 2.24) is 25.2 Å². The molecule has 23 heavy (non-hydrogen) atoms. The normalized spacial score (nSPS) is 17.0. The monoisotopic (exact) mass is 330 g/mol. The van der Waals surface area contributed by atoms with Gasteiger partial charge in [0.2, 0.25) is 0 Å². The van der Waals surface area contributed by atoms with Crippen molar-refractivity contribution in [3.8, 4) is 11.9 Å². The lowest BCUT2D eigenvalue weighted by Gasteiger charge is -2.09. The standard InChI is InChI=1S/C15H15ClN6O/c16-12-2-1-3-13(6-12)22-9-14(19-20-22)15(23)18-7-11-4-5-21(8-11)10-17/h1-3,6,9,11H,4-5,7-8H2,(H,18,23)/t11-/m0/s1. The van der Waals surface area contributed by atoms with Crippen molar-refractivity contribution >= 4 is 17.5 Å². The third kappa shape index (κ3) is 3.60. The smallest absolute Gasteiger partial charge is 0.273 e. The number of carbonyl (C=O) groups is 1. The zero-order chi connectivity index (χ0) is 16.2. The summed E-state index contributed by atoms with van der Waals surface area (Å²) in [5.74, 6) is 0.0234. The van der Waals surface area contributed by atoms with Gasteiger partial charge in [-0.05, 0) is 30.5 Å². The maximum Gasteiger partial charge on any atom is 0.273 e. The van der Waals surface area contributed by atoms with Crippen LogP contribution < -0.4 is 5.32 Å². The molecule has 2 heterocycles. The average Bonchev–Trinajstić information content (AvgIpc) is 3.22. The van der Waals surface area contributed by atoms with Crippen molar-refractivity contribution < 1.29 is 4.79 Å². The molecule has 118 valence electrons. The number of amides is 1. The van der Waals surface area contributed by atoms with Crippen LogP contribution in [0.2, 0.25) is 5.02 Å². The Balaban J connectivity index is 1.60. The molecule has 1 saturated heterocycles. The molecule has 8 heteroatoms. The first-order chi connectivity index (χ1) is 11.2. The van der Waals surface area contributed by atoms with Crippen LogP contribution in [0, 0.1) is 17.4 Å². The van der Waals surface area contributed by atoms with E-state index in [2.05, 4.69) is 21.8 Å². The quantitative estimate of drug-likeness (QED) is 0.857. The molecule has 3 rings (SSSR count). The number of nitrogens with one attached hydrogen (secondary N) is 1. The Morgan fingerprint density at radius 2 is 2.39 bits per heavy atom. The predicted octanol–water partition coefficient (Wildman–Crippen LogP) is 1.45. The number of hydrogen-bond donors (Lipinski definition) is 1. The summed E-state index contributed by atoms with van der Waals surface area (Å²) in [7, 11) is 0. The van der Waals surface area contributed by atoms with Gasteiger partial charge in [-0.1, -0.05) is 22.9 Å². The molecule has 0 radical (unpaired) electrons. The number of carbonyl (C=O) groups excluding carboxylic acids is 1. The molecule has 0 unspecified atom stereocenters. The van der Waals surface area contributed by atoms with Crippen LogP contribution in [0.15, 0.2) is 30.5 Å². The lowest BCUT2D eigenvalue weighted by molar-refractivity contribution is 0.0942. The van der Waals surface area contributed by atoms with Gasteiger partial charge in [-0.15, -0.1) is 5.10 Å². The van der Waals surface area contributed by atoms with Gasteiger partial charge in [0.15, 0.2) is 11.9 Å². The third-order valence-corrected chi connectivity index (χ3v) is 4.01. The highest BCUT2D eigenvalue weighted by atomic mass is 35.5. The molecule has 0 spiro atoms. The fourth-order valence-electron chi connectivity index (χ4n) is 2.53. The Labute approximate surface area is 138 Å². The number of halogens is 1. The van der Waals surface area contributed by atoms with Gasteiger partial charge in [0, 0.05) is 24.7 Å². The minimum atomic E-state index is -0.270. The zero-order valence-electron chi connectivity index (χ0n) is 12.3. The number of likely N-dealkylation sites (tertiary alicyclic amines) is 1. The van der Waals surface area contributed by atoms with Crippen LogP contribution in [0.5, 0.6) is 0 Å². The minimum absolute atomic E-state index is 0.250. The first kappa shape index (κ1) is 15.3.